The summed E-state index contributed by atoms with van der Waals surface area (Å²) in [4.78, 5) is 13.2. The highest BCUT2D eigenvalue weighted by molar-refractivity contribution is 6.09. The molecule has 3 aromatic rings. The average Bonchev–Trinajstić information content (AvgIpc) is 3.18. The Morgan fingerprint density at radius 1 is 1.50 bits per heavy atom. The number of aromatic nitrogens is 5. The molecular formula is C18H21N7O. The molecule has 4 rings (SSSR count). The van der Waals surface area contributed by atoms with E-state index in [1.807, 2.05) is 27.5 Å². The highest BCUT2D eigenvalue weighted by Crippen LogP contribution is 2.39. The third-order valence-electron chi connectivity index (χ3n) is 4.69. The highest BCUT2D eigenvalue weighted by Gasteiger charge is 2.32. The highest BCUT2D eigenvalue weighted by atomic mass is 16.3. The van der Waals surface area contributed by atoms with Gasteiger partial charge in [-0.05, 0) is 18.8 Å². The molecule has 0 saturated heterocycles. The molecule has 3 aromatic heterocycles. The van der Waals surface area contributed by atoms with Gasteiger partial charge in [0.05, 0.1) is 30.1 Å². The van der Waals surface area contributed by atoms with Gasteiger partial charge in [0.1, 0.15) is 11.5 Å². The van der Waals surface area contributed by atoms with E-state index >= 15 is 0 Å². The summed E-state index contributed by atoms with van der Waals surface area (Å²) < 4.78 is 3.75. The predicted molar refractivity (Wildman–Crippen MR) is 99.6 cm³/mol. The first-order valence-electron chi connectivity index (χ1n) is 8.59. The molecule has 8 heteroatoms. The molecule has 0 spiro atoms. The van der Waals surface area contributed by atoms with Crippen LogP contribution in [-0.4, -0.2) is 49.1 Å². The molecule has 0 radical (unpaired) electrons. The standard InChI is InChI=1S/C18H21N7O/c1-20-8-13(7-19)15-6-17-21-4-5-24(17)18(23-15)14-9-22-25(10-14)16(11-26)12-2-3-12/h4-10,12,16,26H,2-3,11,19H2,1H3/b13-7+,20-8?. The van der Waals surface area contributed by atoms with E-state index in [4.69, 9.17) is 10.7 Å². The second kappa shape index (κ2) is 6.72. The topological polar surface area (TPSA) is 107 Å². The van der Waals surface area contributed by atoms with Crippen LogP contribution < -0.4 is 5.73 Å². The van der Waals surface area contributed by atoms with Crippen LogP contribution in [0.1, 0.15) is 24.6 Å². The van der Waals surface area contributed by atoms with Crippen molar-refractivity contribution in [3.8, 4) is 11.4 Å². The molecular weight excluding hydrogens is 330 g/mol. The minimum absolute atomic E-state index is 0.0249. The second-order valence-corrected chi connectivity index (χ2v) is 6.43. The van der Waals surface area contributed by atoms with Gasteiger partial charge in [-0.25, -0.2) is 9.97 Å². The second-order valence-electron chi connectivity index (χ2n) is 6.43. The summed E-state index contributed by atoms with van der Waals surface area (Å²) in [5.41, 5.74) is 8.78. The summed E-state index contributed by atoms with van der Waals surface area (Å²) in [7, 11) is 1.69. The molecule has 1 atom stereocenters. The van der Waals surface area contributed by atoms with Crippen LogP contribution in [0.2, 0.25) is 0 Å². The van der Waals surface area contributed by atoms with E-state index < -0.39 is 0 Å². The fourth-order valence-corrected chi connectivity index (χ4v) is 3.17. The number of nitrogens with zero attached hydrogens (tertiary/aromatic N) is 6. The Balaban J connectivity index is 1.80. The predicted octanol–water partition coefficient (Wildman–Crippen LogP) is 1.54. The van der Waals surface area contributed by atoms with Crippen LogP contribution in [0, 0.1) is 5.92 Å². The van der Waals surface area contributed by atoms with Gasteiger partial charge >= 0.3 is 0 Å². The first-order chi connectivity index (χ1) is 12.7. The molecule has 0 aliphatic heterocycles. The minimum atomic E-state index is 0.0249. The van der Waals surface area contributed by atoms with Crippen molar-refractivity contribution in [1.82, 2.24) is 24.1 Å². The van der Waals surface area contributed by atoms with E-state index in [0.29, 0.717) is 11.6 Å². The van der Waals surface area contributed by atoms with Crippen molar-refractivity contribution in [2.75, 3.05) is 13.7 Å². The van der Waals surface area contributed by atoms with Crippen LogP contribution in [0.4, 0.5) is 0 Å². The van der Waals surface area contributed by atoms with Crippen LogP contribution in [0.5, 0.6) is 0 Å². The van der Waals surface area contributed by atoms with E-state index in [9.17, 15) is 5.11 Å². The third-order valence-corrected chi connectivity index (χ3v) is 4.69. The number of hydrogen-bond donors (Lipinski definition) is 2. The summed E-state index contributed by atoms with van der Waals surface area (Å²) in [5, 5.41) is 14.2. The number of nitrogens with two attached hydrogens (primary N) is 1. The lowest BCUT2D eigenvalue weighted by atomic mass is 10.2. The summed E-state index contributed by atoms with van der Waals surface area (Å²) in [6, 6.07) is 1.89. The van der Waals surface area contributed by atoms with Gasteiger partial charge in [-0.15, -0.1) is 0 Å². The Labute approximate surface area is 150 Å². The van der Waals surface area contributed by atoms with Gasteiger partial charge in [0, 0.05) is 49.7 Å². The number of hydrogen-bond acceptors (Lipinski definition) is 6. The monoisotopic (exact) mass is 351 g/mol. The van der Waals surface area contributed by atoms with E-state index in [1.165, 1.54) is 6.20 Å². The third kappa shape index (κ3) is 2.88. The number of aliphatic hydroxyl groups excluding tert-OH is 1. The molecule has 1 fully saturated rings. The van der Waals surface area contributed by atoms with Crippen molar-refractivity contribution in [2.45, 2.75) is 18.9 Å². The molecule has 3 heterocycles. The van der Waals surface area contributed by atoms with Crippen molar-refractivity contribution in [3.05, 3.63) is 42.7 Å². The Bertz CT molecular complexity index is 981. The van der Waals surface area contributed by atoms with Gasteiger partial charge in [-0.2, -0.15) is 5.10 Å². The lowest BCUT2D eigenvalue weighted by Gasteiger charge is -2.13. The fourth-order valence-electron chi connectivity index (χ4n) is 3.17. The largest absolute Gasteiger partial charge is 0.404 e. The smallest absolute Gasteiger partial charge is 0.149 e. The lowest BCUT2D eigenvalue weighted by molar-refractivity contribution is 0.202. The van der Waals surface area contributed by atoms with Gasteiger partial charge < -0.3 is 10.8 Å². The SMILES string of the molecule is CN=C/C(=C\N)c1cc2nccn2c(-c2cnn(C(CO)C3CC3)c2)n1. The summed E-state index contributed by atoms with van der Waals surface area (Å²) >= 11 is 0. The maximum atomic E-state index is 9.69. The van der Waals surface area contributed by atoms with Crippen molar-refractivity contribution in [2.24, 2.45) is 16.6 Å². The van der Waals surface area contributed by atoms with E-state index in [-0.39, 0.29) is 12.6 Å². The maximum absolute atomic E-state index is 9.69. The van der Waals surface area contributed by atoms with Crippen molar-refractivity contribution < 1.29 is 5.11 Å². The summed E-state index contributed by atoms with van der Waals surface area (Å²) in [6.45, 7) is 0.0900. The van der Waals surface area contributed by atoms with E-state index in [2.05, 4.69) is 15.1 Å². The maximum Gasteiger partial charge on any atom is 0.149 e. The van der Waals surface area contributed by atoms with Crippen molar-refractivity contribution >= 4 is 17.4 Å². The van der Waals surface area contributed by atoms with Crippen LogP contribution in [0.3, 0.4) is 0 Å². The quantitative estimate of drug-likeness (QED) is 0.655. The Morgan fingerprint density at radius 3 is 3.04 bits per heavy atom. The molecule has 8 nitrogen and oxygen atoms in total. The average molecular weight is 351 g/mol. The number of rotatable bonds is 6. The molecule has 0 amide bonds. The minimum Gasteiger partial charge on any atom is -0.404 e. The zero-order chi connectivity index (χ0) is 18.1. The number of aliphatic imine (C=N–C) groups is 1. The molecule has 0 aromatic carbocycles. The fraction of sp³-hybridized carbons (Fsp3) is 0.333. The van der Waals surface area contributed by atoms with Crippen molar-refractivity contribution in [1.29, 1.82) is 0 Å². The molecule has 3 N–H and O–H groups in total. The van der Waals surface area contributed by atoms with Gasteiger partial charge in [-0.3, -0.25) is 14.1 Å². The van der Waals surface area contributed by atoms with E-state index in [0.717, 1.165) is 35.4 Å². The van der Waals surface area contributed by atoms with Gasteiger partial charge in [0.15, 0.2) is 0 Å². The first kappa shape index (κ1) is 16.5. The summed E-state index contributed by atoms with van der Waals surface area (Å²) in [6.07, 6.45) is 12.7. The lowest BCUT2D eigenvalue weighted by Crippen LogP contribution is -2.15. The number of imidazole rings is 1. The molecule has 1 unspecified atom stereocenters. The van der Waals surface area contributed by atoms with Crippen LogP contribution in [0.25, 0.3) is 22.6 Å². The number of fused-ring (bicyclic) bond motifs is 1. The molecule has 134 valence electrons. The normalized spacial score (nSPS) is 16.6. The van der Waals surface area contributed by atoms with Gasteiger partial charge in [0.2, 0.25) is 0 Å². The molecule has 1 saturated carbocycles. The first-order valence-corrected chi connectivity index (χ1v) is 8.59. The summed E-state index contributed by atoms with van der Waals surface area (Å²) in [5.74, 6) is 1.23. The van der Waals surface area contributed by atoms with Crippen LogP contribution in [-0.2, 0) is 0 Å². The Hall–Kier alpha value is -3.00. The number of aliphatic hydroxyl groups is 1. The van der Waals surface area contributed by atoms with Crippen LogP contribution >= 0.6 is 0 Å². The molecule has 1 aliphatic rings. The molecule has 1 aliphatic carbocycles. The van der Waals surface area contributed by atoms with Gasteiger partial charge in [0.25, 0.3) is 0 Å². The Morgan fingerprint density at radius 2 is 2.35 bits per heavy atom. The van der Waals surface area contributed by atoms with Gasteiger partial charge in [-0.1, -0.05) is 0 Å². The number of allylic oxidation sites excluding steroid dienone is 1. The van der Waals surface area contributed by atoms with Crippen LogP contribution in [0.15, 0.2) is 42.0 Å². The Kier molecular flexibility index (Phi) is 4.26. The molecule has 26 heavy (non-hydrogen) atoms. The van der Waals surface area contributed by atoms with Crippen molar-refractivity contribution in [3.63, 3.8) is 0 Å². The molecule has 0 bridgehead atoms. The zero-order valence-corrected chi connectivity index (χ0v) is 14.5. The zero-order valence-electron chi connectivity index (χ0n) is 14.5. The van der Waals surface area contributed by atoms with E-state index in [1.54, 1.807) is 25.7 Å².